The van der Waals surface area contributed by atoms with Crippen LogP contribution in [0.2, 0.25) is 0 Å². The molecule has 2 aromatic rings. The molecule has 0 radical (unpaired) electrons. The molecule has 0 bridgehead atoms. The van der Waals surface area contributed by atoms with Crippen LogP contribution < -0.4 is 10.6 Å². The molecule has 1 aromatic carbocycles. The standard InChI is InChI=1S/C11H11N3/c1-2-8-3-4-9-6-12-7-14-11(9)10(8)13-5-1/h1-5,12,14H,6-7H2. The van der Waals surface area contributed by atoms with Gasteiger partial charge in [-0.15, -0.1) is 0 Å². The molecule has 0 aliphatic carbocycles. The number of fused-ring (bicyclic) bond motifs is 3. The van der Waals surface area contributed by atoms with Crippen molar-refractivity contribution in [1.82, 2.24) is 10.3 Å². The Kier molecular flexibility index (Phi) is 1.64. The molecule has 1 aromatic heterocycles. The summed E-state index contributed by atoms with van der Waals surface area (Å²) in [6, 6.07) is 8.33. The van der Waals surface area contributed by atoms with Gasteiger partial charge in [-0.3, -0.25) is 10.3 Å². The summed E-state index contributed by atoms with van der Waals surface area (Å²) in [7, 11) is 0. The van der Waals surface area contributed by atoms with E-state index in [9.17, 15) is 0 Å². The van der Waals surface area contributed by atoms with Crippen molar-refractivity contribution in [1.29, 1.82) is 0 Å². The van der Waals surface area contributed by atoms with E-state index < -0.39 is 0 Å². The van der Waals surface area contributed by atoms with E-state index in [4.69, 9.17) is 0 Å². The Hall–Kier alpha value is -1.61. The van der Waals surface area contributed by atoms with E-state index in [1.54, 1.807) is 0 Å². The van der Waals surface area contributed by atoms with E-state index in [0.717, 1.165) is 18.7 Å². The SMILES string of the molecule is c1cnc2c3c(ccc2c1)CNCN3. The van der Waals surface area contributed by atoms with Gasteiger partial charge < -0.3 is 5.32 Å². The Labute approximate surface area is 82.2 Å². The number of nitrogens with one attached hydrogen (secondary N) is 2. The smallest absolute Gasteiger partial charge is 0.0936 e. The lowest BCUT2D eigenvalue weighted by atomic mass is 10.1. The molecule has 1 aliphatic heterocycles. The third kappa shape index (κ3) is 1.06. The minimum absolute atomic E-state index is 0.822. The van der Waals surface area contributed by atoms with Crippen LogP contribution in [-0.2, 0) is 6.54 Å². The van der Waals surface area contributed by atoms with Crippen molar-refractivity contribution in [3.05, 3.63) is 36.0 Å². The lowest BCUT2D eigenvalue weighted by Crippen LogP contribution is -2.27. The van der Waals surface area contributed by atoms with Gasteiger partial charge in [0.25, 0.3) is 0 Å². The summed E-state index contributed by atoms with van der Waals surface area (Å²) in [5, 5.41) is 7.79. The van der Waals surface area contributed by atoms with Gasteiger partial charge in [-0.1, -0.05) is 18.2 Å². The molecule has 0 fully saturated rings. The molecule has 2 heterocycles. The van der Waals surface area contributed by atoms with Crippen LogP contribution in [-0.4, -0.2) is 11.7 Å². The molecule has 0 unspecified atom stereocenters. The van der Waals surface area contributed by atoms with Crippen LogP contribution in [0.5, 0.6) is 0 Å². The molecule has 70 valence electrons. The highest BCUT2D eigenvalue weighted by Gasteiger charge is 2.10. The van der Waals surface area contributed by atoms with Crippen LogP contribution in [0, 0.1) is 0 Å². The summed E-state index contributed by atoms with van der Waals surface area (Å²) in [4.78, 5) is 4.40. The number of nitrogens with zero attached hydrogens (tertiary/aromatic N) is 1. The second kappa shape index (κ2) is 2.96. The molecule has 0 saturated carbocycles. The Balaban J connectivity index is 2.34. The predicted molar refractivity (Wildman–Crippen MR) is 57.1 cm³/mol. The molecule has 3 rings (SSSR count). The summed E-state index contributed by atoms with van der Waals surface area (Å²) in [6.45, 7) is 1.75. The number of aromatic nitrogens is 1. The molecule has 0 saturated heterocycles. The van der Waals surface area contributed by atoms with Gasteiger partial charge in [-0.25, -0.2) is 0 Å². The molecular weight excluding hydrogens is 174 g/mol. The summed E-state index contributed by atoms with van der Waals surface area (Å²) < 4.78 is 0. The molecule has 0 atom stereocenters. The molecular formula is C11H11N3. The van der Waals surface area contributed by atoms with Crippen molar-refractivity contribution < 1.29 is 0 Å². The topological polar surface area (TPSA) is 37.0 Å². The number of pyridine rings is 1. The molecule has 0 amide bonds. The minimum Gasteiger partial charge on any atom is -0.370 e. The number of hydrogen-bond donors (Lipinski definition) is 2. The summed E-state index contributed by atoms with van der Waals surface area (Å²) in [6.07, 6.45) is 1.84. The van der Waals surface area contributed by atoms with Crippen molar-refractivity contribution >= 4 is 16.6 Å². The highest BCUT2D eigenvalue weighted by molar-refractivity contribution is 5.92. The monoisotopic (exact) mass is 185 g/mol. The van der Waals surface area contributed by atoms with Gasteiger partial charge in [0.1, 0.15) is 0 Å². The van der Waals surface area contributed by atoms with Crippen LogP contribution in [0.4, 0.5) is 5.69 Å². The van der Waals surface area contributed by atoms with Gasteiger partial charge in [-0.2, -0.15) is 0 Å². The number of anilines is 1. The second-order valence-electron chi connectivity index (χ2n) is 3.46. The van der Waals surface area contributed by atoms with E-state index in [1.165, 1.54) is 16.6 Å². The van der Waals surface area contributed by atoms with Gasteiger partial charge in [0, 0.05) is 18.1 Å². The van der Waals surface area contributed by atoms with Crippen LogP contribution in [0.3, 0.4) is 0 Å². The normalized spacial score (nSPS) is 14.9. The van der Waals surface area contributed by atoms with Crippen molar-refractivity contribution in [3.8, 4) is 0 Å². The maximum atomic E-state index is 4.40. The van der Waals surface area contributed by atoms with Crippen molar-refractivity contribution in [3.63, 3.8) is 0 Å². The Bertz CT molecular complexity index is 479. The summed E-state index contributed by atoms with van der Waals surface area (Å²) in [5.74, 6) is 0. The Morgan fingerprint density at radius 1 is 1.21 bits per heavy atom. The fraction of sp³-hybridized carbons (Fsp3) is 0.182. The first-order valence-corrected chi connectivity index (χ1v) is 4.76. The van der Waals surface area contributed by atoms with Crippen molar-refractivity contribution in [2.24, 2.45) is 0 Å². The molecule has 0 spiro atoms. The number of rotatable bonds is 0. The zero-order chi connectivity index (χ0) is 9.38. The first-order valence-electron chi connectivity index (χ1n) is 4.76. The average Bonchev–Trinajstić information content (AvgIpc) is 2.29. The maximum Gasteiger partial charge on any atom is 0.0936 e. The van der Waals surface area contributed by atoms with Gasteiger partial charge in [0.15, 0.2) is 0 Å². The van der Waals surface area contributed by atoms with Crippen LogP contribution in [0.25, 0.3) is 10.9 Å². The van der Waals surface area contributed by atoms with Crippen molar-refractivity contribution in [2.45, 2.75) is 6.54 Å². The third-order valence-corrected chi connectivity index (χ3v) is 2.57. The fourth-order valence-corrected chi connectivity index (χ4v) is 1.88. The first-order chi connectivity index (χ1) is 6.95. The van der Waals surface area contributed by atoms with Gasteiger partial charge in [0.2, 0.25) is 0 Å². The zero-order valence-electron chi connectivity index (χ0n) is 7.75. The minimum atomic E-state index is 0.822. The summed E-state index contributed by atoms with van der Waals surface area (Å²) in [5.41, 5.74) is 3.55. The van der Waals surface area contributed by atoms with E-state index in [1.807, 2.05) is 12.3 Å². The van der Waals surface area contributed by atoms with Crippen LogP contribution in [0.1, 0.15) is 5.56 Å². The second-order valence-corrected chi connectivity index (χ2v) is 3.46. The molecule has 14 heavy (non-hydrogen) atoms. The largest absolute Gasteiger partial charge is 0.370 e. The number of hydrogen-bond acceptors (Lipinski definition) is 3. The van der Waals surface area contributed by atoms with E-state index in [2.05, 4.69) is 33.8 Å². The molecule has 1 aliphatic rings. The van der Waals surface area contributed by atoms with Crippen LogP contribution >= 0.6 is 0 Å². The lowest BCUT2D eigenvalue weighted by molar-refractivity contribution is 0.711. The molecule has 2 N–H and O–H groups in total. The van der Waals surface area contributed by atoms with E-state index >= 15 is 0 Å². The van der Waals surface area contributed by atoms with Gasteiger partial charge in [0.05, 0.1) is 17.9 Å². The third-order valence-electron chi connectivity index (χ3n) is 2.57. The average molecular weight is 185 g/mol. The molecule has 3 heteroatoms. The lowest BCUT2D eigenvalue weighted by Gasteiger charge is -2.20. The number of benzene rings is 1. The maximum absolute atomic E-state index is 4.40. The van der Waals surface area contributed by atoms with Crippen molar-refractivity contribution in [2.75, 3.05) is 12.0 Å². The Morgan fingerprint density at radius 3 is 3.21 bits per heavy atom. The first kappa shape index (κ1) is 7.76. The fourth-order valence-electron chi connectivity index (χ4n) is 1.88. The quantitative estimate of drug-likeness (QED) is 0.656. The van der Waals surface area contributed by atoms with E-state index in [-0.39, 0.29) is 0 Å². The van der Waals surface area contributed by atoms with Gasteiger partial charge >= 0.3 is 0 Å². The predicted octanol–water partition coefficient (Wildman–Crippen LogP) is 1.71. The summed E-state index contributed by atoms with van der Waals surface area (Å²) >= 11 is 0. The van der Waals surface area contributed by atoms with Crippen LogP contribution in [0.15, 0.2) is 30.5 Å². The Morgan fingerprint density at radius 2 is 2.21 bits per heavy atom. The van der Waals surface area contributed by atoms with E-state index in [0.29, 0.717) is 0 Å². The highest BCUT2D eigenvalue weighted by Crippen LogP contribution is 2.26. The highest BCUT2D eigenvalue weighted by atomic mass is 15.1. The van der Waals surface area contributed by atoms with Gasteiger partial charge in [-0.05, 0) is 11.6 Å². The zero-order valence-corrected chi connectivity index (χ0v) is 7.75. The molecule has 3 nitrogen and oxygen atoms in total.